The highest BCUT2D eigenvalue weighted by Crippen LogP contribution is 2.50. The van der Waals surface area contributed by atoms with Gasteiger partial charge >= 0.3 is 5.97 Å². The minimum Gasteiger partial charge on any atom is -0.464 e. The molecule has 0 spiro atoms. The standard InChI is InChI=1S/C23H35N3O5/c1-2-29-23(28)21(20(16-7-8-16)17-9-10-17)25-22(27)18-11-12-24-26(18)13-5-15-31-19-6-3-4-14-30-19/h11-12,16-17,19-21H,2-10,13-15H2,1H3,(H,25,27). The van der Waals surface area contributed by atoms with Crippen LogP contribution in [0.15, 0.2) is 12.3 Å². The molecule has 3 aliphatic rings. The molecule has 2 unspecified atom stereocenters. The maximum Gasteiger partial charge on any atom is 0.328 e. The van der Waals surface area contributed by atoms with Crippen molar-refractivity contribution in [2.45, 2.75) is 77.2 Å². The molecule has 8 nitrogen and oxygen atoms in total. The lowest BCUT2D eigenvalue weighted by Crippen LogP contribution is -2.48. The lowest BCUT2D eigenvalue weighted by atomic mass is 9.89. The number of esters is 1. The predicted octanol–water partition coefficient (Wildman–Crippen LogP) is 2.91. The second kappa shape index (κ2) is 10.6. The smallest absolute Gasteiger partial charge is 0.328 e. The zero-order valence-corrected chi connectivity index (χ0v) is 18.5. The molecule has 31 heavy (non-hydrogen) atoms. The lowest BCUT2D eigenvalue weighted by Gasteiger charge is -2.26. The van der Waals surface area contributed by atoms with Crippen LogP contribution in [0.2, 0.25) is 0 Å². The second-order valence-corrected chi connectivity index (χ2v) is 8.92. The average Bonchev–Trinajstić information content (AvgIpc) is 3.72. The first-order chi connectivity index (χ1) is 15.2. The number of hydrogen-bond donors (Lipinski definition) is 1. The van der Waals surface area contributed by atoms with Crippen molar-refractivity contribution in [3.05, 3.63) is 18.0 Å². The van der Waals surface area contributed by atoms with Gasteiger partial charge in [-0.05, 0) is 82.1 Å². The summed E-state index contributed by atoms with van der Waals surface area (Å²) in [5, 5.41) is 7.31. The zero-order chi connectivity index (χ0) is 21.6. The van der Waals surface area contributed by atoms with Crippen LogP contribution < -0.4 is 5.32 Å². The fourth-order valence-electron chi connectivity index (χ4n) is 4.63. The maximum absolute atomic E-state index is 13.1. The second-order valence-electron chi connectivity index (χ2n) is 8.92. The van der Waals surface area contributed by atoms with Gasteiger partial charge in [0.2, 0.25) is 0 Å². The number of carbonyl (C=O) groups excluding carboxylic acids is 2. The Morgan fingerprint density at radius 3 is 2.65 bits per heavy atom. The third-order valence-electron chi connectivity index (χ3n) is 6.45. The first kappa shape index (κ1) is 22.3. The number of carbonyl (C=O) groups is 2. The van der Waals surface area contributed by atoms with Crippen LogP contribution in [0.25, 0.3) is 0 Å². The summed E-state index contributed by atoms with van der Waals surface area (Å²) in [5.74, 6) is 0.644. The van der Waals surface area contributed by atoms with E-state index in [2.05, 4.69) is 10.4 Å². The van der Waals surface area contributed by atoms with Gasteiger partial charge < -0.3 is 19.5 Å². The summed E-state index contributed by atoms with van der Waals surface area (Å²) >= 11 is 0. The van der Waals surface area contributed by atoms with Gasteiger partial charge in [-0.2, -0.15) is 5.10 Å². The molecule has 4 rings (SSSR count). The van der Waals surface area contributed by atoms with E-state index in [4.69, 9.17) is 14.2 Å². The molecule has 0 radical (unpaired) electrons. The van der Waals surface area contributed by atoms with E-state index in [1.807, 2.05) is 0 Å². The Morgan fingerprint density at radius 2 is 2.00 bits per heavy atom. The number of hydrogen-bond acceptors (Lipinski definition) is 6. The molecular weight excluding hydrogens is 398 g/mol. The van der Waals surface area contributed by atoms with Crippen LogP contribution in [0.4, 0.5) is 0 Å². The van der Waals surface area contributed by atoms with Crippen molar-refractivity contribution >= 4 is 11.9 Å². The van der Waals surface area contributed by atoms with Crippen LogP contribution in [0, 0.1) is 17.8 Å². The topological polar surface area (TPSA) is 91.7 Å². The van der Waals surface area contributed by atoms with Gasteiger partial charge in [-0.1, -0.05) is 0 Å². The third kappa shape index (κ3) is 6.07. The van der Waals surface area contributed by atoms with E-state index in [1.54, 1.807) is 23.9 Å². The fraction of sp³-hybridized carbons (Fsp3) is 0.783. The largest absolute Gasteiger partial charge is 0.464 e. The van der Waals surface area contributed by atoms with E-state index < -0.39 is 6.04 Å². The van der Waals surface area contributed by atoms with Crippen molar-refractivity contribution in [3.8, 4) is 0 Å². The molecule has 1 N–H and O–H groups in total. The van der Waals surface area contributed by atoms with Crippen LogP contribution in [-0.4, -0.2) is 53.8 Å². The summed E-state index contributed by atoms with van der Waals surface area (Å²) in [5.41, 5.74) is 0.466. The van der Waals surface area contributed by atoms with Crippen molar-refractivity contribution in [3.63, 3.8) is 0 Å². The Kier molecular flexibility index (Phi) is 7.61. The Bertz CT molecular complexity index is 725. The van der Waals surface area contributed by atoms with Gasteiger partial charge in [0.25, 0.3) is 5.91 Å². The van der Waals surface area contributed by atoms with Crippen LogP contribution in [0.1, 0.15) is 68.8 Å². The van der Waals surface area contributed by atoms with Gasteiger partial charge in [0, 0.05) is 19.3 Å². The normalized spacial score (nSPS) is 22.3. The summed E-state index contributed by atoms with van der Waals surface area (Å²) in [6.07, 6.45) is 9.96. The number of aryl methyl sites for hydroxylation is 1. The van der Waals surface area contributed by atoms with Crippen molar-refractivity contribution in [2.24, 2.45) is 17.8 Å². The van der Waals surface area contributed by atoms with Crippen molar-refractivity contribution < 1.29 is 23.8 Å². The van der Waals surface area contributed by atoms with Crippen LogP contribution in [0.5, 0.6) is 0 Å². The highest BCUT2D eigenvalue weighted by atomic mass is 16.7. The van der Waals surface area contributed by atoms with Crippen LogP contribution >= 0.6 is 0 Å². The predicted molar refractivity (Wildman–Crippen MR) is 113 cm³/mol. The molecule has 0 aromatic carbocycles. The highest BCUT2D eigenvalue weighted by Gasteiger charge is 2.49. The quantitative estimate of drug-likeness (QED) is 0.403. The molecule has 2 atom stereocenters. The van der Waals surface area contributed by atoms with E-state index in [9.17, 15) is 9.59 Å². The fourth-order valence-corrected chi connectivity index (χ4v) is 4.63. The lowest BCUT2D eigenvalue weighted by molar-refractivity contribution is -0.163. The first-order valence-electron chi connectivity index (χ1n) is 11.9. The molecule has 3 fully saturated rings. The van der Waals surface area contributed by atoms with Gasteiger partial charge in [-0.15, -0.1) is 0 Å². The summed E-state index contributed by atoms with van der Waals surface area (Å²) < 4.78 is 18.4. The third-order valence-corrected chi connectivity index (χ3v) is 6.45. The molecule has 8 heteroatoms. The van der Waals surface area contributed by atoms with E-state index in [1.165, 1.54) is 0 Å². The average molecular weight is 434 g/mol. The van der Waals surface area contributed by atoms with E-state index in [-0.39, 0.29) is 24.1 Å². The summed E-state index contributed by atoms with van der Waals surface area (Å²) in [6, 6.07) is 1.12. The molecule has 2 heterocycles. The van der Waals surface area contributed by atoms with Gasteiger partial charge in [0.1, 0.15) is 11.7 Å². The van der Waals surface area contributed by atoms with Gasteiger partial charge in [0.15, 0.2) is 6.29 Å². The van der Waals surface area contributed by atoms with Gasteiger partial charge in [-0.3, -0.25) is 9.48 Å². The van der Waals surface area contributed by atoms with Crippen LogP contribution in [-0.2, 0) is 25.5 Å². The number of nitrogens with zero attached hydrogens (tertiary/aromatic N) is 2. The minimum absolute atomic E-state index is 0.110. The summed E-state index contributed by atoms with van der Waals surface area (Å²) in [6.45, 7) is 4.01. The number of rotatable bonds is 12. The molecule has 2 saturated carbocycles. The van der Waals surface area contributed by atoms with Crippen molar-refractivity contribution in [1.29, 1.82) is 0 Å². The Labute approximate surface area is 184 Å². The van der Waals surface area contributed by atoms with E-state index in [0.29, 0.717) is 37.3 Å². The Hall–Kier alpha value is -1.93. The summed E-state index contributed by atoms with van der Waals surface area (Å²) in [7, 11) is 0. The maximum atomic E-state index is 13.1. The van der Waals surface area contributed by atoms with Crippen molar-refractivity contribution in [2.75, 3.05) is 19.8 Å². The minimum atomic E-state index is -0.581. The zero-order valence-electron chi connectivity index (χ0n) is 18.5. The molecule has 1 aliphatic heterocycles. The Morgan fingerprint density at radius 1 is 1.23 bits per heavy atom. The number of ether oxygens (including phenoxy) is 3. The molecule has 2 aliphatic carbocycles. The molecular formula is C23H35N3O5. The Balaban J connectivity index is 1.33. The van der Waals surface area contributed by atoms with Gasteiger partial charge in [-0.25, -0.2) is 4.79 Å². The monoisotopic (exact) mass is 433 g/mol. The molecule has 0 bridgehead atoms. The molecule has 1 amide bonds. The van der Waals surface area contributed by atoms with Crippen LogP contribution in [0.3, 0.4) is 0 Å². The SMILES string of the molecule is CCOC(=O)C(NC(=O)c1ccnn1CCCOC1CCCCO1)C(C1CC1)C1CC1. The molecule has 172 valence electrons. The molecule has 1 aromatic rings. The highest BCUT2D eigenvalue weighted by molar-refractivity contribution is 5.95. The number of nitrogens with one attached hydrogen (secondary N) is 1. The van der Waals surface area contributed by atoms with E-state index in [0.717, 1.165) is 58.0 Å². The summed E-state index contributed by atoms with van der Waals surface area (Å²) in [4.78, 5) is 25.8. The molecule has 1 aromatic heterocycles. The van der Waals surface area contributed by atoms with Crippen molar-refractivity contribution in [1.82, 2.24) is 15.1 Å². The number of aromatic nitrogens is 2. The number of amides is 1. The van der Waals surface area contributed by atoms with Gasteiger partial charge in [0.05, 0.1) is 13.2 Å². The first-order valence-corrected chi connectivity index (χ1v) is 11.9. The van der Waals surface area contributed by atoms with E-state index >= 15 is 0 Å². The molecule has 1 saturated heterocycles.